The monoisotopic (exact) mass is 376 g/mol. The minimum Gasteiger partial charge on any atom is -0.380 e. The molecule has 1 unspecified atom stereocenters. The maximum absolute atomic E-state index is 13.4. The molecule has 1 N–H and O–H groups in total. The third-order valence-electron chi connectivity index (χ3n) is 5.31. The van der Waals surface area contributed by atoms with Crippen molar-refractivity contribution in [1.29, 1.82) is 0 Å². The average molecular weight is 376 g/mol. The van der Waals surface area contributed by atoms with Gasteiger partial charge in [-0.1, -0.05) is 0 Å². The highest BCUT2D eigenvalue weighted by Crippen LogP contribution is 2.20. The van der Waals surface area contributed by atoms with Gasteiger partial charge in [0.2, 0.25) is 5.91 Å². The number of piperidine rings is 1. The highest BCUT2D eigenvalue weighted by atomic mass is 19.2. The number of anilines is 1. The first kappa shape index (κ1) is 19.3. The van der Waals surface area contributed by atoms with Crippen LogP contribution in [0.15, 0.2) is 18.2 Å². The highest BCUT2D eigenvalue weighted by Gasteiger charge is 2.24. The molecule has 1 atom stereocenters. The Kier molecular flexibility index (Phi) is 5.77. The van der Waals surface area contributed by atoms with Crippen molar-refractivity contribution in [3.05, 3.63) is 46.8 Å². The van der Waals surface area contributed by atoms with Gasteiger partial charge in [0.25, 0.3) is 0 Å². The fourth-order valence-corrected chi connectivity index (χ4v) is 3.71. The van der Waals surface area contributed by atoms with E-state index in [2.05, 4.69) is 10.4 Å². The van der Waals surface area contributed by atoms with Gasteiger partial charge in [-0.05, 0) is 50.8 Å². The highest BCUT2D eigenvalue weighted by molar-refractivity contribution is 5.76. The summed E-state index contributed by atoms with van der Waals surface area (Å²) < 4.78 is 28.3. The number of nitrogens with one attached hydrogen (secondary N) is 1. The zero-order valence-electron chi connectivity index (χ0n) is 16.1. The van der Waals surface area contributed by atoms with Gasteiger partial charge in [-0.2, -0.15) is 5.10 Å². The molecule has 0 aliphatic carbocycles. The van der Waals surface area contributed by atoms with Gasteiger partial charge in [-0.15, -0.1) is 0 Å². The summed E-state index contributed by atoms with van der Waals surface area (Å²) in [5.41, 5.74) is 3.74. The van der Waals surface area contributed by atoms with Crippen LogP contribution in [0.1, 0.15) is 36.2 Å². The van der Waals surface area contributed by atoms with E-state index < -0.39 is 11.6 Å². The molecule has 1 aliphatic heterocycles. The molecule has 3 rings (SSSR count). The van der Waals surface area contributed by atoms with Crippen molar-refractivity contribution in [3.63, 3.8) is 0 Å². The Morgan fingerprint density at radius 1 is 1.30 bits per heavy atom. The van der Waals surface area contributed by atoms with Crippen LogP contribution in [0.25, 0.3) is 0 Å². The van der Waals surface area contributed by atoms with Gasteiger partial charge in [0.1, 0.15) is 0 Å². The SMILES string of the molecule is Cc1nn(C)c(C)c1CCC(=O)N1CCCC(Nc2ccc(F)c(F)c2)C1. The molecule has 1 fully saturated rings. The number of carbonyl (C=O) groups excluding carboxylic acids is 1. The summed E-state index contributed by atoms with van der Waals surface area (Å²) >= 11 is 0. The second-order valence-electron chi connectivity index (χ2n) is 7.23. The summed E-state index contributed by atoms with van der Waals surface area (Å²) in [7, 11) is 1.91. The second kappa shape index (κ2) is 8.06. The van der Waals surface area contributed by atoms with Crippen molar-refractivity contribution in [2.24, 2.45) is 7.05 Å². The fraction of sp³-hybridized carbons (Fsp3) is 0.500. The molecule has 1 aromatic carbocycles. The Bertz CT molecular complexity index is 834. The quantitative estimate of drug-likeness (QED) is 0.871. The fourth-order valence-electron chi connectivity index (χ4n) is 3.71. The summed E-state index contributed by atoms with van der Waals surface area (Å²) in [6.07, 6.45) is 2.91. The smallest absolute Gasteiger partial charge is 0.222 e. The normalized spacial score (nSPS) is 17.2. The number of aromatic nitrogens is 2. The Hall–Kier alpha value is -2.44. The molecule has 27 heavy (non-hydrogen) atoms. The zero-order valence-corrected chi connectivity index (χ0v) is 16.1. The Labute approximate surface area is 158 Å². The summed E-state index contributed by atoms with van der Waals surface area (Å²) in [5, 5.41) is 7.61. The lowest BCUT2D eigenvalue weighted by molar-refractivity contribution is -0.132. The first-order valence-electron chi connectivity index (χ1n) is 9.33. The predicted molar refractivity (Wildman–Crippen MR) is 101 cm³/mol. The number of carbonyl (C=O) groups is 1. The first-order valence-corrected chi connectivity index (χ1v) is 9.33. The minimum absolute atomic E-state index is 0.0365. The molecule has 1 aliphatic rings. The van der Waals surface area contributed by atoms with Crippen LogP contribution in [0, 0.1) is 25.5 Å². The molecule has 2 aromatic rings. The van der Waals surface area contributed by atoms with Crippen LogP contribution in [0.2, 0.25) is 0 Å². The summed E-state index contributed by atoms with van der Waals surface area (Å²) in [6, 6.07) is 3.83. The number of amides is 1. The minimum atomic E-state index is -0.869. The number of likely N-dealkylation sites (tertiary alicyclic amines) is 1. The van der Waals surface area contributed by atoms with E-state index in [1.165, 1.54) is 6.07 Å². The van der Waals surface area contributed by atoms with Crippen LogP contribution in [0.3, 0.4) is 0 Å². The molecule has 0 bridgehead atoms. The Balaban J connectivity index is 1.56. The van der Waals surface area contributed by atoms with Gasteiger partial charge in [0.05, 0.1) is 5.69 Å². The maximum atomic E-state index is 13.4. The van der Waals surface area contributed by atoms with Crippen LogP contribution in [0.5, 0.6) is 0 Å². The van der Waals surface area contributed by atoms with Gasteiger partial charge in [0, 0.05) is 50.0 Å². The molecule has 0 radical (unpaired) electrons. The first-order chi connectivity index (χ1) is 12.8. The van der Waals surface area contributed by atoms with E-state index in [1.54, 1.807) is 0 Å². The number of benzene rings is 1. The zero-order chi connectivity index (χ0) is 19.6. The standard InChI is InChI=1S/C20H26F2N4O/c1-13-17(14(2)25(3)24-13)7-9-20(27)26-10-4-5-16(12-26)23-15-6-8-18(21)19(22)11-15/h6,8,11,16,23H,4-5,7,9-10,12H2,1-3H3. The van der Waals surface area contributed by atoms with E-state index in [-0.39, 0.29) is 11.9 Å². The van der Waals surface area contributed by atoms with Crippen LogP contribution in [-0.2, 0) is 18.3 Å². The van der Waals surface area contributed by atoms with Crippen molar-refractivity contribution in [2.45, 2.75) is 45.6 Å². The molecule has 2 heterocycles. The van der Waals surface area contributed by atoms with Crippen molar-refractivity contribution in [1.82, 2.24) is 14.7 Å². The van der Waals surface area contributed by atoms with Gasteiger partial charge < -0.3 is 10.2 Å². The molecule has 1 amide bonds. The molecule has 0 spiro atoms. The third kappa shape index (κ3) is 4.46. The largest absolute Gasteiger partial charge is 0.380 e. The van der Waals surface area contributed by atoms with E-state index >= 15 is 0 Å². The van der Waals surface area contributed by atoms with Gasteiger partial charge in [-0.25, -0.2) is 8.78 Å². The molecular weight excluding hydrogens is 350 g/mol. The summed E-state index contributed by atoms with van der Waals surface area (Å²) in [5.74, 6) is -1.61. The van der Waals surface area contributed by atoms with Gasteiger partial charge in [0.15, 0.2) is 11.6 Å². The van der Waals surface area contributed by atoms with Crippen molar-refractivity contribution in [2.75, 3.05) is 18.4 Å². The van der Waals surface area contributed by atoms with Crippen LogP contribution < -0.4 is 5.32 Å². The number of halogens is 2. The van der Waals surface area contributed by atoms with Crippen molar-refractivity contribution < 1.29 is 13.6 Å². The average Bonchev–Trinajstić information content (AvgIpc) is 2.88. The lowest BCUT2D eigenvalue weighted by atomic mass is 10.0. The third-order valence-corrected chi connectivity index (χ3v) is 5.31. The van der Waals surface area contributed by atoms with Crippen LogP contribution >= 0.6 is 0 Å². The van der Waals surface area contributed by atoms with Crippen LogP contribution in [0.4, 0.5) is 14.5 Å². The lowest BCUT2D eigenvalue weighted by Crippen LogP contribution is -2.45. The topological polar surface area (TPSA) is 50.2 Å². The molecule has 146 valence electrons. The number of rotatable bonds is 5. The maximum Gasteiger partial charge on any atom is 0.222 e. The van der Waals surface area contributed by atoms with Gasteiger partial charge in [-0.3, -0.25) is 9.48 Å². The molecule has 1 aromatic heterocycles. The predicted octanol–water partition coefficient (Wildman–Crippen LogP) is 3.35. The molecule has 0 saturated carbocycles. The van der Waals surface area contributed by atoms with Gasteiger partial charge >= 0.3 is 0 Å². The van der Waals surface area contributed by atoms with Crippen molar-refractivity contribution >= 4 is 11.6 Å². The molecule has 5 nitrogen and oxygen atoms in total. The van der Waals surface area contributed by atoms with E-state index in [1.807, 2.05) is 30.5 Å². The van der Waals surface area contributed by atoms with E-state index in [0.29, 0.717) is 25.1 Å². The summed E-state index contributed by atoms with van der Waals surface area (Å²) in [6.45, 7) is 5.29. The van der Waals surface area contributed by atoms with Crippen LogP contribution in [-0.4, -0.2) is 39.7 Å². The second-order valence-corrected chi connectivity index (χ2v) is 7.23. The molecular formula is C20H26F2N4O. The number of hydrogen-bond donors (Lipinski definition) is 1. The van der Waals surface area contributed by atoms with E-state index in [4.69, 9.17) is 0 Å². The number of hydrogen-bond acceptors (Lipinski definition) is 3. The summed E-state index contributed by atoms with van der Waals surface area (Å²) in [4.78, 5) is 14.5. The molecule has 7 heteroatoms. The van der Waals surface area contributed by atoms with E-state index in [0.717, 1.165) is 48.5 Å². The lowest BCUT2D eigenvalue weighted by Gasteiger charge is -2.34. The Morgan fingerprint density at radius 2 is 2.07 bits per heavy atom. The van der Waals surface area contributed by atoms with Crippen molar-refractivity contribution in [3.8, 4) is 0 Å². The number of aryl methyl sites for hydroxylation is 2. The number of nitrogens with zero attached hydrogens (tertiary/aromatic N) is 3. The van der Waals surface area contributed by atoms with E-state index in [9.17, 15) is 13.6 Å². The Morgan fingerprint density at radius 3 is 2.74 bits per heavy atom. The molecule has 1 saturated heterocycles.